The Bertz CT molecular complexity index is 169. The number of alkyl halides is 3. The van der Waals surface area contributed by atoms with E-state index in [1.54, 1.807) is 4.90 Å². The SMILES string of the molecule is O=CC1CCN1CCC(F)(F)F. The van der Waals surface area contributed by atoms with Gasteiger partial charge in [-0.1, -0.05) is 0 Å². The van der Waals surface area contributed by atoms with Crippen molar-refractivity contribution >= 4 is 6.29 Å². The third-order valence-corrected chi connectivity index (χ3v) is 2.02. The summed E-state index contributed by atoms with van der Waals surface area (Å²) in [6, 6.07) is -0.271. The lowest BCUT2D eigenvalue weighted by Gasteiger charge is -2.37. The van der Waals surface area contributed by atoms with Crippen LogP contribution < -0.4 is 0 Å². The van der Waals surface area contributed by atoms with Crippen LogP contribution in [0.3, 0.4) is 0 Å². The van der Waals surface area contributed by atoms with Gasteiger partial charge in [-0.2, -0.15) is 13.2 Å². The summed E-state index contributed by atoms with van der Waals surface area (Å²) in [7, 11) is 0. The third-order valence-electron chi connectivity index (χ3n) is 2.02. The molecule has 0 N–H and O–H groups in total. The maximum absolute atomic E-state index is 11.7. The van der Waals surface area contributed by atoms with E-state index < -0.39 is 12.6 Å². The van der Waals surface area contributed by atoms with E-state index in [0.29, 0.717) is 19.3 Å². The topological polar surface area (TPSA) is 20.3 Å². The zero-order valence-electron chi connectivity index (χ0n) is 6.47. The molecular formula is C7H10F3NO. The van der Waals surface area contributed by atoms with Crippen LogP contribution in [-0.4, -0.2) is 36.5 Å². The largest absolute Gasteiger partial charge is 0.390 e. The van der Waals surface area contributed by atoms with Crippen LogP contribution in [0.2, 0.25) is 0 Å². The molecule has 2 nitrogen and oxygen atoms in total. The van der Waals surface area contributed by atoms with Gasteiger partial charge in [0.25, 0.3) is 0 Å². The van der Waals surface area contributed by atoms with Gasteiger partial charge >= 0.3 is 6.18 Å². The zero-order valence-corrected chi connectivity index (χ0v) is 6.47. The molecule has 1 atom stereocenters. The van der Waals surface area contributed by atoms with Crippen LogP contribution in [0.25, 0.3) is 0 Å². The highest BCUT2D eigenvalue weighted by molar-refractivity contribution is 5.59. The van der Waals surface area contributed by atoms with Gasteiger partial charge in [0.05, 0.1) is 12.5 Å². The van der Waals surface area contributed by atoms with Crippen LogP contribution in [0.4, 0.5) is 13.2 Å². The molecule has 0 aromatic heterocycles. The van der Waals surface area contributed by atoms with Crippen LogP contribution in [0.15, 0.2) is 0 Å². The molecule has 1 unspecified atom stereocenters. The van der Waals surface area contributed by atoms with Crippen molar-refractivity contribution in [3.05, 3.63) is 0 Å². The van der Waals surface area contributed by atoms with E-state index in [-0.39, 0.29) is 12.6 Å². The van der Waals surface area contributed by atoms with Crippen molar-refractivity contribution in [2.75, 3.05) is 13.1 Å². The fourth-order valence-corrected chi connectivity index (χ4v) is 1.16. The molecule has 0 radical (unpaired) electrons. The molecular weight excluding hydrogens is 171 g/mol. The van der Waals surface area contributed by atoms with E-state index in [4.69, 9.17) is 0 Å². The van der Waals surface area contributed by atoms with Gasteiger partial charge in [-0.3, -0.25) is 4.90 Å². The highest BCUT2D eigenvalue weighted by Crippen LogP contribution is 2.23. The molecule has 70 valence electrons. The minimum atomic E-state index is -4.11. The molecule has 0 spiro atoms. The number of carbonyl (C=O) groups excluding carboxylic acids is 1. The van der Waals surface area contributed by atoms with Crippen molar-refractivity contribution in [2.45, 2.75) is 25.1 Å². The molecule has 0 bridgehead atoms. The van der Waals surface area contributed by atoms with E-state index in [2.05, 4.69) is 0 Å². The lowest BCUT2D eigenvalue weighted by molar-refractivity contribution is -0.144. The average Bonchev–Trinajstić information content (AvgIpc) is 1.83. The first-order valence-electron chi connectivity index (χ1n) is 3.79. The van der Waals surface area contributed by atoms with Crippen molar-refractivity contribution < 1.29 is 18.0 Å². The lowest BCUT2D eigenvalue weighted by atomic mass is 10.0. The fraction of sp³-hybridized carbons (Fsp3) is 0.857. The summed E-state index contributed by atoms with van der Waals surface area (Å²) < 4.78 is 35.1. The number of halogens is 3. The minimum absolute atomic E-state index is 0.0487. The number of nitrogens with zero attached hydrogens (tertiary/aromatic N) is 1. The van der Waals surface area contributed by atoms with Gasteiger partial charge in [0.2, 0.25) is 0 Å². The summed E-state index contributed by atoms with van der Waals surface area (Å²) in [6.45, 7) is 0.562. The van der Waals surface area contributed by atoms with Crippen LogP contribution >= 0.6 is 0 Å². The highest BCUT2D eigenvalue weighted by Gasteiger charge is 2.33. The fourth-order valence-electron chi connectivity index (χ4n) is 1.16. The standard InChI is InChI=1S/C7H10F3NO/c8-7(9,10)2-4-11-3-1-6(11)5-12/h5-6H,1-4H2. The molecule has 1 aliphatic rings. The zero-order chi connectivity index (χ0) is 9.19. The Morgan fingerprint density at radius 3 is 2.50 bits per heavy atom. The van der Waals surface area contributed by atoms with E-state index in [0.717, 1.165) is 0 Å². The van der Waals surface area contributed by atoms with E-state index in [1.165, 1.54) is 0 Å². The smallest absolute Gasteiger partial charge is 0.302 e. The molecule has 0 saturated carbocycles. The second kappa shape index (κ2) is 3.43. The van der Waals surface area contributed by atoms with Gasteiger partial charge in [-0.05, 0) is 6.42 Å². The van der Waals surface area contributed by atoms with Crippen LogP contribution in [0, 0.1) is 0 Å². The predicted octanol–water partition coefficient (Wildman–Crippen LogP) is 1.21. The van der Waals surface area contributed by atoms with Crippen molar-refractivity contribution in [3.63, 3.8) is 0 Å². The van der Waals surface area contributed by atoms with Gasteiger partial charge in [0.1, 0.15) is 6.29 Å². The maximum atomic E-state index is 11.7. The maximum Gasteiger partial charge on any atom is 0.390 e. The summed E-state index contributed by atoms with van der Waals surface area (Å²) in [6.07, 6.45) is -3.53. The molecule has 1 saturated heterocycles. The number of carbonyl (C=O) groups is 1. The Morgan fingerprint density at radius 1 is 1.50 bits per heavy atom. The van der Waals surface area contributed by atoms with E-state index in [1.807, 2.05) is 0 Å². The number of hydrogen-bond acceptors (Lipinski definition) is 2. The van der Waals surface area contributed by atoms with Gasteiger partial charge in [-0.25, -0.2) is 0 Å². The van der Waals surface area contributed by atoms with E-state index in [9.17, 15) is 18.0 Å². The number of hydrogen-bond donors (Lipinski definition) is 0. The first-order valence-corrected chi connectivity index (χ1v) is 3.79. The van der Waals surface area contributed by atoms with Crippen LogP contribution in [0.5, 0.6) is 0 Å². The van der Waals surface area contributed by atoms with Crippen molar-refractivity contribution in [1.82, 2.24) is 4.90 Å². The summed E-state index contributed by atoms with van der Waals surface area (Å²) >= 11 is 0. The summed E-state index contributed by atoms with van der Waals surface area (Å²) in [5.74, 6) is 0. The molecule has 1 fully saturated rings. The van der Waals surface area contributed by atoms with Crippen molar-refractivity contribution in [2.24, 2.45) is 0 Å². The summed E-state index contributed by atoms with van der Waals surface area (Å²) in [5.41, 5.74) is 0. The molecule has 1 aliphatic heterocycles. The monoisotopic (exact) mass is 181 g/mol. The molecule has 0 amide bonds. The van der Waals surface area contributed by atoms with Gasteiger partial charge in [-0.15, -0.1) is 0 Å². The lowest BCUT2D eigenvalue weighted by Crippen LogP contribution is -2.49. The molecule has 0 aromatic rings. The summed E-state index contributed by atoms with van der Waals surface area (Å²) in [4.78, 5) is 11.7. The molecule has 5 heteroatoms. The Hall–Kier alpha value is -0.580. The number of aldehydes is 1. The average molecular weight is 181 g/mol. The molecule has 0 aliphatic carbocycles. The predicted molar refractivity (Wildman–Crippen MR) is 36.7 cm³/mol. The van der Waals surface area contributed by atoms with Crippen molar-refractivity contribution in [3.8, 4) is 0 Å². The number of rotatable bonds is 3. The minimum Gasteiger partial charge on any atom is -0.302 e. The molecule has 12 heavy (non-hydrogen) atoms. The quantitative estimate of drug-likeness (QED) is 0.610. The Labute approximate surface area is 68.3 Å². The highest BCUT2D eigenvalue weighted by atomic mass is 19.4. The first-order chi connectivity index (χ1) is 5.53. The Morgan fingerprint density at radius 2 is 2.17 bits per heavy atom. The van der Waals surface area contributed by atoms with Crippen LogP contribution in [0.1, 0.15) is 12.8 Å². The molecule has 1 rings (SSSR count). The summed E-state index contributed by atoms with van der Waals surface area (Å²) in [5, 5.41) is 0. The van der Waals surface area contributed by atoms with Gasteiger partial charge < -0.3 is 4.79 Å². The Balaban J connectivity index is 2.20. The Kier molecular flexibility index (Phi) is 2.72. The van der Waals surface area contributed by atoms with Crippen LogP contribution in [-0.2, 0) is 4.79 Å². The molecule has 1 heterocycles. The normalized spacial score (nSPS) is 25.1. The third kappa shape index (κ3) is 2.48. The number of likely N-dealkylation sites (tertiary alicyclic amines) is 1. The second-order valence-electron chi connectivity index (χ2n) is 2.89. The van der Waals surface area contributed by atoms with Gasteiger partial charge in [0, 0.05) is 13.1 Å². The van der Waals surface area contributed by atoms with E-state index >= 15 is 0 Å². The first kappa shape index (κ1) is 9.51. The van der Waals surface area contributed by atoms with Gasteiger partial charge in [0.15, 0.2) is 0 Å². The van der Waals surface area contributed by atoms with Crippen molar-refractivity contribution in [1.29, 1.82) is 0 Å². The second-order valence-corrected chi connectivity index (χ2v) is 2.89. The molecule has 0 aromatic carbocycles.